The predicted molar refractivity (Wildman–Crippen MR) is 85.0 cm³/mol. The zero-order chi connectivity index (χ0) is 16.7. The van der Waals surface area contributed by atoms with Crippen LogP contribution in [0, 0.1) is 20.2 Å². The molecule has 0 saturated heterocycles. The fraction of sp³-hybridized carbons (Fsp3) is 0.417. The zero-order valence-corrected chi connectivity index (χ0v) is 12.8. The van der Waals surface area contributed by atoms with E-state index in [9.17, 15) is 25.0 Å². The van der Waals surface area contributed by atoms with Crippen LogP contribution in [0.2, 0.25) is 0 Å². The number of carbonyl (C=O) groups is 1. The number of anilines is 1. The second-order valence-electron chi connectivity index (χ2n) is 4.51. The summed E-state index contributed by atoms with van der Waals surface area (Å²) < 4.78 is 0. The van der Waals surface area contributed by atoms with Gasteiger partial charge in [-0.3, -0.25) is 20.2 Å². The van der Waals surface area contributed by atoms with Crippen molar-refractivity contribution in [3.63, 3.8) is 0 Å². The van der Waals surface area contributed by atoms with Crippen LogP contribution in [-0.4, -0.2) is 33.5 Å². The molecule has 10 nitrogen and oxygen atoms in total. The maximum Gasteiger partial charge on any atom is 0.368 e. The Labute approximate surface area is 137 Å². The van der Waals surface area contributed by atoms with Crippen LogP contribution in [0.5, 0.6) is 0 Å². The Morgan fingerprint density at radius 1 is 1.26 bits per heavy atom. The van der Waals surface area contributed by atoms with Gasteiger partial charge in [-0.1, -0.05) is 6.07 Å². The molecule has 1 aromatic rings. The smallest absolute Gasteiger partial charge is 0.368 e. The summed E-state index contributed by atoms with van der Waals surface area (Å²) in [7, 11) is 0. The van der Waals surface area contributed by atoms with Crippen molar-refractivity contribution in [2.45, 2.75) is 25.3 Å². The first-order valence-electron chi connectivity index (χ1n) is 6.49. The van der Waals surface area contributed by atoms with Gasteiger partial charge in [0.25, 0.3) is 0 Å². The minimum absolute atomic E-state index is 0. The molecule has 0 spiro atoms. The first kappa shape index (κ1) is 20.5. The van der Waals surface area contributed by atoms with Crippen molar-refractivity contribution in [3.05, 3.63) is 38.4 Å². The third kappa shape index (κ3) is 5.68. The highest BCUT2D eigenvalue weighted by Crippen LogP contribution is 2.34. The molecule has 1 rings (SSSR count). The van der Waals surface area contributed by atoms with Crippen molar-refractivity contribution < 1.29 is 19.7 Å². The van der Waals surface area contributed by atoms with E-state index >= 15 is 0 Å². The predicted octanol–water partition coefficient (Wildman–Crippen LogP) is 1.92. The second kappa shape index (κ2) is 9.54. The number of carboxylic acid groups (broad SMARTS) is 1. The van der Waals surface area contributed by atoms with Crippen molar-refractivity contribution in [2.24, 2.45) is 5.73 Å². The zero-order valence-electron chi connectivity index (χ0n) is 12.0. The third-order valence-electron chi connectivity index (χ3n) is 2.97. The lowest BCUT2D eigenvalue weighted by atomic mass is 10.1. The van der Waals surface area contributed by atoms with Crippen LogP contribution in [0.15, 0.2) is 18.2 Å². The number of nitro benzene ring substituents is 2. The fourth-order valence-electron chi connectivity index (χ4n) is 1.92. The molecular weight excluding hydrogens is 332 g/mol. The minimum Gasteiger partial charge on any atom is -0.480 e. The summed E-state index contributed by atoms with van der Waals surface area (Å²) in [5, 5.41) is 33.5. The lowest BCUT2D eigenvalue weighted by molar-refractivity contribution is -0.421. The molecule has 0 amide bonds. The number of para-hydroxylation sites is 1. The number of nitrogens with two attached hydrogens (primary N) is 1. The van der Waals surface area contributed by atoms with Crippen LogP contribution in [0.1, 0.15) is 19.3 Å². The summed E-state index contributed by atoms with van der Waals surface area (Å²) in [4.78, 5) is 31.3. The minimum atomic E-state index is -1.20. The van der Waals surface area contributed by atoms with E-state index in [1.165, 1.54) is 12.1 Å². The van der Waals surface area contributed by atoms with E-state index in [2.05, 4.69) is 5.32 Å². The first-order valence-corrected chi connectivity index (χ1v) is 6.49. The quantitative estimate of drug-likeness (QED) is 0.346. The number of rotatable bonds is 9. The van der Waals surface area contributed by atoms with Gasteiger partial charge in [-0.25, -0.2) is 4.79 Å². The number of carboxylic acids is 1. The monoisotopic (exact) mass is 348 g/mol. The summed E-state index contributed by atoms with van der Waals surface area (Å²) in [6.07, 6.45) is 1.33. The Morgan fingerprint density at radius 3 is 2.39 bits per heavy atom. The van der Waals surface area contributed by atoms with Gasteiger partial charge in [0.05, 0.1) is 9.85 Å². The average molecular weight is 349 g/mol. The van der Waals surface area contributed by atoms with Gasteiger partial charge >= 0.3 is 17.3 Å². The Hall–Kier alpha value is -2.46. The molecule has 128 valence electrons. The van der Waals surface area contributed by atoms with Crippen molar-refractivity contribution in [2.75, 3.05) is 11.9 Å². The number of aliphatic carboxylic acids is 1. The molecule has 0 saturated carbocycles. The number of hydrogen-bond acceptors (Lipinski definition) is 7. The number of unbranched alkanes of at least 4 members (excludes halogenated alkanes) is 1. The average Bonchev–Trinajstić information content (AvgIpc) is 2.45. The van der Waals surface area contributed by atoms with Gasteiger partial charge < -0.3 is 16.2 Å². The van der Waals surface area contributed by atoms with E-state index in [4.69, 9.17) is 10.8 Å². The maximum atomic E-state index is 11.2. The van der Waals surface area contributed by atoms with Crippen LogP contribution in [0.25, 0.3) is 0 Å². The molecule has 0 radical (unpaired) electrons. The van der Waals surface area contributed by atoms with E-state index in [1.54, 1.807) is 0 Å². The molecule has 0 heterocycles. The Bertz CT molecular complexity index is 583. The van der Waals surface area contributed by atoms with Gasteiger partial charge in [-0.2, -0.15) is 0 Å². The molecule has 0 fully saturated rings. The van der Waals surface area contributed by atoms with Gasteiger partial charge in [0.1, 0.15) is 11.7 Å². The number of hydrogen-bond donors (Lipinski definition) is 3. The summed E-state index contributed by atoms with van der Waals surface area (Å²) in [6.45, 7) is 0.406. The largest absolute Gasteiger partial charge is 0.480 e. The molecule has 4 N–H and O–H groups in total. The van der Waals surface area contributed by atoms with Crippen LogP contribution in [0.3, 0.4) is 0 Å². The molecule has 11 heteroatoms. The van der Waals surface area contributed by atoms with Gasteiger partial charge in [0.15, 0.2) is 0 Å². The highest BCUT2D eigenvalue weighted by atomic mass is 35.5. The van der Waals surface area contributed by atoms with Crippen LogP contribution >= 0.6 is 12.4 Å². The Balaban J connectivity index is 0.00000484. The van der Waals surface area contributed by atoms with Gasteiger partial charge in [0.2, 0.25) is 0 Å². The number of halogens is 1. The summed E-state index contributed by atoms with van der Waals surface area (Å²) in [5.74, 6) is -1.20. The van der Waals surface area contributed by atoms with Crippen molar-refractivity contribution in [1.82, 2.24) is 0 Å². The lowest BCUT2D eigenvalue weighted by Crippen LogP contribution is -2.29. The standard InChI is InChI=1S/C12H16N4O6.ClH/c13-7-2-1-4-9(12(17)18)14-8-5-3-6-10(15(19)20)11(8)16(21)22;/h3,5-6,9,14H,1-2,4,7,13H2,(H,17,18);1H/t9-;/m0./s1. The van der Waals surface area contributed by atoms with Crippen molar-refractivity contribution in [3.8, 4) is 0 Å². The fourth-order valence-corrected chi connectivity index (χ4v) is 1.92. The van der Waals surface area contributed by atoms with Gasteiger partial charge in [-0.05, 0) is 31.9 Å². The molecule has 0 bridgehead atoms. The molecule has 0 aliphatic carbocycles. The molecule has 1 atom stereocenters. The topological polar surface area (TPSA) is 162 Å². The van der Waals surface area contributed by atoms with E-state index in [0.29, 0.717) is 19.4 Å². The second-order valence-corrected chi connectivity index (χ2v) is 4.51. The van der Waals surface area contributed by atoms with E-state index in [-0.39, 0.29) is 24.5 Å². The van der Waals surface area contributed by atoms with E-state index in [0.717, 1.165) is 6.07 Å². The molecule has 1 aromatic carbocycles. The van der Waals surface area contributed by atoms with Crippen LogP contribution in [-0.2, 0) is 4.79 Å². The third-order valence-corrected chi connectivity index (χ3v) is 2.97. The van der Waals surface area contributed by atoms with Crippen molar-refractivity contribution in [1.29, 1.82) is 0 Å². The van der Waals surface area contributed by atoms with Gasteiger partial charge in [0, 0.05) is 6.07 Å². The molecule has 23 heavy (non-hydrogen) atoms. The van der Waals surface area contributed by atoms with Crippen molar-refractivity contribution >= 4 is 35.4 Å². The molecule has 0 aliphatic heterocycles. The van der Waals surface area contributed by atoms with Crippen LogP contribution in [0.4, 0.5) is 17.1 Å². The molecule has 0 unspecified atom stereocenters. The Kier molecular flexibility index (Phi) is 8.52. The molecule has 0 aliphatic rings. The number of nitrogens with one attached hydrogen (secondary N) is 1. The summed E-state index contributed by atoms with van der Waals surface area (Å²) in [6, 6.07) is 2.40. The SMILES string of the molecule is Cl.NCCCC[C@H](Nc1cccc([N+](=O)[O-])c1[N+](=O)[O-])C(=O)O. The van der Waals surface area contributed by atoms with E-state index in [1.807, 2.05) is 0 Å². The first-order chi connectivity index (χ1) is 10.4. The summed E-state index contributed by atoms with van der Waals surface area (Å²) in [5.41, 5.74) is 3.69. The van der Waals surface area contributed by atoms with E-state index < -0.39 is 33.2 Å². The molecular formula is C12H17ClN4O6. The summed E-state index contributed by atoms with van der Waals surface area (Å²) >= 11 is 0. The number of nitro groups is 2. The number of nitrogens with zero attached hydrogens (tertiary/aromatic N) is 2. The highest BCUT2D eigenvalue weighted by Gasteiger charge is 2.30. The Morgan fingerprint density at radius 2 is 1.91 bits per heavy atom. The maximum absolute atomic E-state index is 11.2. The molecule has 0 aromatic heterocycles. The lowest BCUT2D eigenvalue weighted by Gasteiger charge is -2.15. The highest BCUT2D eigenvalue weighted by molar-refractivity contribution is 5.85. The van der Waals surface area contributed by atoms with Crippen LogP contribution < -0.4 is 11.1 Å². The number of benzene rings is 1. The van der Waals surface area contributed by atoms with Gasteiger partial charge in [-0.15, -0.1) is 12.4 Å². The normalized spacial score (nSPS) is 11.2.